The molecule has 1 atom stereocenters. The van der Waals surface area contributed by atoms with Crippen LogP contribution in [-0.2, 0) is 14.8 Å². The molecule has 1 aromatic carbocycles. The largest absolute Gasteiger partial charge is 0.325 e. The van der Waals surface area contributed by atoms with Crippen LogP contribution in [0.1, 0.15) is 39.0 Å². The zero-order chi connectivity index (χ0) is 15.7. The predicted octanol–water partition coefficient (Wildman–Crippen LogP) is 2.73. The van der Waals surface area contributed by atoms with Gasteiger partial charge in [-0.05, 0) is 31.0 Å². The summed E-state index contributed by atoms with van der Waals surface area (Å²) in [4.78, 5) is 12.9. The van der Waals surface area contributed by atoms with E-state index < -0.39 is 10.0 Å². The molecule has 0 saturated heterocycles. The summed E-state index contributed by atoms with van der Waals surface area (Å²) in [7, 11) is -3.53. The zero-order valence-corrected chi connectivity index (χ0v) is 14.1. The van der Waals surface area contributed by atoms with Crippen LogP contribution in [-0.4, -0.2) is 25.6 Å². The fraction of sp³-hybridized carbons (Fsp3) is 0.533. The van der Waals surface area contributed by atoms with Gasteiger partial charge >= 0.3 is 0 Å². The van der Waals surface area contributed by atoms with Crippen molar-refractivity contribution < 1.29 is 13.2 Å². The molecule has 1 aliphatic heterocycles. The molecule has 0 bridgehead atoms. The molecule has 0 aromatic heterocycles. The second kappa shape index (κ2) is 6.22. The van der Waals surface area contributed by atoms with Crippen LogP contribution in [0.5, 0.6) is 0 Å². The maximum atomic E-state index is 12.5. The number of thioether (sulfide) groups is 1. The van der Waals surface area contributed by atoms with Crippen molar-refractivity contribution in [3.05, 3.63) is 18.2 Å². The Morgan fingerprint density at radius 3 is 2.73 bits per heavy atom. The van der Waals surface area contributed by atoms with Crippen molar-refractivity contribution in [2.24, 2.45) is 0 Å². The molecule has 7 heteroatoms. The van der Waals surface area contributed by atoms with Crippen molar-refractivity contribution >= 4 is 33.4 Å². The highest BCUT2D eigenvalue weighted by Gasteiger charge is 2.25. The third-order valence-corrected chi connectivity index (χ3v) is 6.71. The van der Waals surface area contributed by atoms with E-state index in [1.54, 1.807) is 30.0 Å². The van der Waals surface area contributed by atoms with Crippen molar-refractivity contribution in [3.8, 4) is 0 Å². The Morgan fingerprint density at radius 2 is 2.00 bits per heavy atom. The summed E-state index contributed by atoms with van der Waals surface area (Å²) in [6.07, 6.45) is 4.37. The summed E-state index contributed by atoms with van der Waals surface area (Å²) in [6.45, 7) is 1.99. The maximum absolute atomic E-state index is 12.5. The van der Waals surface area contributed by atoms with E-state index in [9.17, 15) is 13.2 Å². The standard InChI is InChI=1S/C15H20N2O3S2/c1-10-8-15(18)16-13-9-12(6-7-14(13)21-10)22(19,20)17-11-4-2-3-5-11/h6-7,9-11,17H,2-5,8H2,1H3,(H,16,18). The number of benzene rings is 1. The lowest BCUT2D eigenvalue weighted by molar-refractivity contribution is -0.116. The molecule has 2 N–H and O–H groups in total. The first kappa shape index (κ1) is 15.8. The van der Waals surface area contributed by atoms with Gasteiger partial charge in [0.2, 0.25) is 15.9 Å². The van der Waals surface area contributed by atoms with Gasteiger partial charge in [-0.3, -0.25) is 4.79 Å². The number of fused-ring (bicyclic) bond motifs is 1. The average Bonchev–Trinajstić information content (AvgIpc) is 2.86. The number of rotatable bonds is 3. The molecule has 1 fully saturated rings. The molecule has 120 valence electrons. The van der Waals surface area contributed by atoms with Crippen LogP contribution in [0.2, 0.25) is 0 Å². The maximum Gasteiger partial charge on any atom is 0.240 e. The monoisotopic (exact) mass is 340 g/mol. The minimum Gasteiger partial charge on any atom is -0.325 e. The van der Waals surface area contributed by atoms with Crippen LogP contribution in [0.3, 0.4) is 0 Å². The van der Waals surface area contributed by atoms with E-state index in [-0.39, 0.29) is 22.1 Å². The second-order valence-corrected chi connectivity index (χ2v) is 9.14. The van der Waals surface area contributed by atoms with Crippen molar-refractivity contribution in [3.63, 3.8) is 0 Å². The van der Waals surface area contributed by atoms with Crippen molar-refractivity contribution in [2.45, 2.75) is 60.1 Å². The van der Waals surface area contributed by atoms with Crippen LogP contribution in [0, 0.1) is 0 Å². The highest BCUT2D eigenvalue weighted by molar-refractivity contribution is 8.00. The number of nitrogens with one attached hydrogen (secondary N) is 2. The van der Waals surface area contributed by atoms with E-state index in [1.807, 2.05) is 6.92 Å². The Kier molecular flexibility index (Phi) is 4.47. The van der Waals surface area contributed by atoms with Gasteiger partial charge in [-0.2, -0.15) is 0 Å². The topological polar surface area (TPSA) is 75.3 Å². The van der Waals surface area contributed by atoms with Crippen LogP contribution < -0.4 is 10.0 Å². The molecule has 1 heterocycles. The van der Waals surface area contributed by atoms with Crippen molar-refractivity contribution in [1.82, 2.24) is 4.72 Å². The summed E-state index contributed by atoms with van der Waals surface area (Å²) in [5, 5.41) is 2.99. The molecule has 5 nitrogen and oxygen atoms in total. The molecule has 3 rings (SSSR count). The van der Waals surface area contributed by atoms with Gasteiger partial charge < -0.3 is 5.32 Å². The van der Waals surface area contributed by atoms with Crippen LogP contribution in [0.25, 0.3) is 0 Å². The normalized spacial score (nSPS) is 23.0. The van der Waals surface area contributed by atoms with Gasteiger partial charge in [0.25, 0.3) is 0 Å². The number of anilines is 1. The first-order chi connectivity index (χ1) is 10.4. The molecule has 22 heavy (non-hydrogen) atoms. The molecule has 1 amide bonds. The average molecular weight is 340 g/mol. The van der Waals surface area contributed by atoms with E-state index in [1.165, 1.54) is 0 Å². The highest BCUT2D eigenvalue weighted by Crippen LogP contribution is 2.36. The molecule has 1 saturated carbocycles. The molecule has 1 aromatic rings. The molecule has 1 unspecified atom stereocenters. The number of hydrogen-bond acceptors (Lipinski definition) is 4. The van der Waals surface area contributed by atoms with E-state index >= 15 is 0 Å². The lowest BCUT2D eigenvalue weighted by atomic mass is 10.3. The molecule has 0 spiro atoms. The number of carbonyl (C=O) groups is 1. The van der Waals surface area contributed by atoms with Gasteiger partial charge in [-0.15, -0.1) is 11.8 Å². The second-order valence-electron chi connectivity index (χ2n) is 5.94. The van der Waals surface area contributed by atoms with Crippen LogP contribution >= 0.6 is 11.8 Å². The summed E-state index contributed by atoms with van der Waals surface area (Å²) >= 11 is 1.59. The zero-order valence-electron chi connectivity index (χ0n) is 12.5. The van der Waals surface area contributed by atoms with Gasteiger partial charge in [0.15, 0.2) is 0 Å². The minimum atomic E-state index is -3.53. The Balaban J connectivity index is 1.87. The lowest BCUT2D eigenvalue weighted by Crippen LogP contribution is -2.32. The first-order valence-electron chi connectivity index (χ1n) is 7.57. The van der Waals surface area contributed by atoms with E-state index in [0.29, 0.717) is 12.1 Å². The molecular formula is C15H20N2O3S2. The Hall–Kier alpha value is -1.05. The van der Waals surface area contributed by atoms with E-state index in [4.69, 9.17) is 0 Å². The SMILES string of the molecule is CC1CC(=O)Nc2cc(S(=O)(=O)NC3CCCC3)ccc2S1. The molecule has 0 radical (unpaired) electrons. The smallest absolute Gasteiger partial charge is 0.240 e. The third-order valence-electron chi connectivity index (χ3n) is 4.01. The Labute approximate surface area is 135 Å². The van der Waals surface area contributed by atoms with Gasteiger partial charge in [0, 0.05) is 22.6 Å². The number of hydrogen-bond donors (Lipinski definition) is 2. The summed E-state index contributed by atoms with van der Waals surface area (Å²) < 4.78 is 27.7. The number of amides is 1. The fourth-order valence-electron chi connectivity index (χ4n) is 2.93. The molecule has 2 aliphatic rings. The van der Waals surface area contributed by atoms with Crippen LogP contribution in [0.15, 0.2) is 28.0 Å². The minimum absolute atomic E-state index is 0.0350. The summed E-state index contributed by atoms with van der Waals surface area (Å²) in [5.74, 6) is -0.0722. The van der Waals surface area contributed by atoms with Gasteiger partial charge in [-0.1, -0.05) is 19.8 Å². The van der Waals surface area contributed by atoms with E-state index in [2.05, 4.69) is 10.0 Å². The van der Waals surface area contributed by atoms with E-state index in [0.717, 1.165) is 30.6 Å². The van der Waals surface area contributed by atoms with Crippen LogP contribution in [0.4, 0.5) is 5.69 Å². The van der Waals surface area contributed by atoms with Gasteiger partial charge in [0.05, 0.1) is 10.6 Å². The van der Waals surface area contributed by atoms with Gasteiger partial charge in [-0.25, -0.2) is 13.1 Å². The van der Waals surface area contributed by atoms with Crippen molar-refractivity contribution in [1.29, 1.82) is 0 Å². The third kappa shape index (κ3) is 3.47. The summed E-state index contributed by atoms with van der Waals surface area (Å²) in [5.41, 5.74) is 0.591. The lowest BCUT2D eigenvalue weighted by Gasteiger charge is -2.14. The highest BCUT2D eigenvalue weighted by atomic mass is 32.2. The Morgan fingerprint density at radius 1 is 1.27 bits per heavy atom. The molecular weight excluding hydrogens is 320 g/mol. The first-order valence-corrected chi connectivity index (χ1v) is 9.93. The quantitative estimate of drug-likeness (QED) is 0.887. The fourth-order valence-corrected chi connectivity index (χ4v) is 5.31. The number of sulfonamides is 1. The Bertz CT molecular complexity index is 682. The van der Waals surface area contributed by atoms with Crippen molar-refractivity contribution in [2.75, 3.05) is 5.32 Å². The molecule has 1 aliphatic carbocycles. The van der Waals surface area contributed by atoms with Gasteiger partial charge in [0.1, 0.15) is 0 Å². The number of carbonyl (C=O) groups excluding carboxylic acids is 1. The predicted molar refractivity (Wildman–Crippen MR) is 87.6 cm³/mol. The summed E-state index contributed by atoms with van der Waals surface area (Å²) in [6, 6.07) is 5.00.